The quantitative estimate of drug-likeness (QED) is 0.559. The largest absolute Gasteiger partial charge is 0.455 e. The number of aromatic nitrogens is 1. The maximum absolute atomic E-state index is 13.3. The highest BCUT2D eigenvalue weighted by Crippen LogP contribution is 2.33. The summed E-state index contributed by atoms with van der Waals surface area (Å²) in [5.41, 5.74) is 5.62. The molecule has 0 saturated carbocycles. The summed E-state index contributed by atoms with van der Waals surface area (Å²) in [7, 11) is 0. The van der Waals surface area contributed by atoms with Gasteiger partial charge in [0.05, 0.1) is 28.8 Å². The molecule has 1 aromatic carbocycles. The molecule has 2 aromatic heterocycles. The summed E-state index contributed by atoms with van der Waals surface area (Å²) < 4.78 is 6.38. The average Bonchev–Trinajstić information content (AvgIpc) is 3.30. The van der Waals surface area contributed by atoms with Crippen LogP contribution in [0.2, 0.25) is 0 Å². The molecule has 0 bridgehead atoms. The van der Waals surface area contributed by atoms with E-state index in [1.807, 2.05) is 43.4 Å². The number of nitrogens with zero attached hydrogens (tertiary/aromatic N) is 2. The Balaban J connectivity index is 1.62. The molecule has 1 aliphatic carbocycles. The van der Waals surface area contributed by atoms with Crippen molar-refractivity contribution in [1.82, 2.24) is 10.3 Å². The van der Waals surface area contributed by atoms with Crippen molar-refractivity contribution < 1.29 is 4.42 Å². The first-order chi connectivity index (χ1) is 15.4. The highest BCUT2D eigenvalue weighted by Gasteiger charge is 2.27. The van der Waals surface area contributed by atoms with Crippen molar-refractivity contribution in [1.29, 1.82) is 0 Å². The highest BCUT2D eigenvalue weighted by molar-refractivity contribution is 6.33. The molecule has 0 radical (unpaired) electrons. The number of fused-ring (bicyclic) bond motifs is 2. The number of hydrogen-bond acceptors (Lipinski definition) is 5. The minimum Gasteiger partial charge on any atom is -0.455 e. The zero-order valence-electron chi connectivity index (χ0n) is 18.0. The molecule has 1 unspecified atom stereocenters. The summed E-state index contributed by atoms with van der Waals surface area (Å²) >= 11 is 6.35. The number of aryl methyl sites for hydroxylation is 1. The van der Waals surface area contributed by atoms with Gasteiger partial charge in [0.1, 0.15) is 11.3 Å². The van der Waals surface area contributed by atoms with Crippen molar-refractivity contribution in [2.45, 2.75) is 26.8 Å². The fraction of sp³-hybridized carbons (Fsp3) is 0.192. The van der Waals surface area contributed by atoms with E-state index in [0.717, 1.165) is 33.1 Å². The lowest BCUT2D eigenvalue weighted by molar-refractivity contribution is 0.590. The Morgan fingerprint density at radius 1 is 1.22 bits per heavy atom. The number of allylic oxidation sites excluding steroid dienone is 5. The Kier molecular flexibility index (Phi) is 5.06. The molecule has 2 atom stereocenters. The Labute approximate surface area is 190 Å². The standard InChI is InChI=1S/C26H22ClN3O2/c1-14-11-19(16(3)30-22-7-6-21(27)18-8-10-29-23(18)22)26-20(12-14)24(31)15(2)25(32-26)17-5-4-9-28-13-17/h4-13,16,18,30H,1-3H3/t16-,18?/m1/s1. The molecule has 1 aliphatic heterocycles. The van der Waals surface area contributed by atoms with Crippen LogP contribution in [0.25, 0.3) is 22.3 Å². The van der Waals surface area contributed by atoms with E-state index in [-0.39, 0.29) is 17.4 Å². The first-order valence-corrected chi connectivity index (χ1v) is 10.9. The Morgan fingerprint density at radius 2 is 2.06 bits per heavy atom. The van der Waals surface area contributed by atoms with Crippen LogP contribution >= 0.6 is 11.6 Å². The molecule has 0 saturated heterocycles. The van der Waals surface area contributed by atoms with Gasteiger partial charge in [0, 0.05) is 40.3 Å². The van der Waals surface area contributed by atoms with Gasteiger partial charge in [-0.3, -0.25) is 14.8 Å². The molecule has 0 fully saturated rings. The average molecular weight is 444 g/mol. The Hall–Kier alpha value is -3.44. The second kappa shape index (κ2) is 7.92. The van der Waals surface area contributed by atoms with Crippen LogP contribution in [0.3, 0.4) is 0 Å². The first kappa shape index (κ1) is 20.5. The second-order valence-electron chi connectivity index (χ2n) is 8.19. The van der Waals surface area contributed by atoms with Gasteiger partial charge in [0.2, 0.25) is 0 Å². The number of halogens is 1. The van der Waals surface area contributed by atoms with Gasteiger partial charge >= 0.3 is 0 Å². The molecule has 3 heterocycles. The van der Waals surface area contributed by atoms with Gasteiger partial charge in [-0.05, 0) is 56.7 Å². The van der Waals surface area contributed by atoms with Crippen LogP contribution in [0.15, 0.2) is 86.0 Å². The van der Waals surface area contributed by atoms with Gasteiger partial charge in [0.15, 0.2) is 5.43 Å². The maximum atomic E-state index is 13.3. The maximum Gasteiger partial charge on any atom is 0.196 e. The predicted molar refractivity (Wildman–Crippen MR) is 129 cm³/mol. The zero-order chi connectivity index (χ0) is 22.4. The van der Waals surface area contributed by atoms with Crippen molar-refractivity contribution in [3.05, 3.63) is 98.7 Å². The molecular weight excluding hydrogens is 422 g/mol. The number of aliphatic imine (C=N–C) groups is 1. The van der Waals surface area contributed by atoms with Crippen LogP contribution in [0.1, 0.15) is 29.7 Å². The van der Waals surface area contributed by atoms with Crippen LogP contribution in [-0.2, 0) is 0 Å². The van der Waals surface area contributed by atoms with Crippen LogP contribution in [0.5, 0.6) is 0 Å². The Morgan fingerprint density at radius 3 is 2.84 bits per heavy atom. The lowest BCUT2D eigenvalue weighted by Crippen LogP contribution is -2.28. The van der Waals surface area contributed by atoms with Gasteiger partial charge in [0.25, 0.3) is 0 Å². The third kappa shape index (κ3) is 3.39. The van der Waals surface area contributed by atoms with Gasteiger partial charge in [-0.2, -0.15) is 0 Å². The third-order valence-corrected chi connectivity index (χ3v) is 6.28. The van der Waals surface area contributed by atoms with Gasteiger partial charge in [-0.25, -0.2) is 0 Å². The van der Waals surface area contributed by atoms with E-state index in [9.17, 15) is 4.79 Å². The SMILES string of the molecule is Cc1cc([C@@H](C)NC2=CC=C(Cl)C3C=CN=C23)c2oc(-c3cccnc3)c(C)c(=O)c2c1. The lowest BCUT2D eigenvalue weighted by Gasteiger charge is -2.24. The zero-order valence-corrected chi connectivity index (χ0v) is 18.8. The summed E-state index contributed by atoms with van der Waals surface area (Å²) in [5, 5.41) is 4.88. The third-order valence-electron chi connectivity index (χ3n) is 5.92. The molecule has 160 valence electrons. The van der Waals surface area contributed by atoms with Gasteiger partial charge in [-0.1, -0.05) is 23.7 Å². The van der Waals surface area contributed by atoms with Gasteiger partial charge < -0.3 is 9.73 Å². The number of hydrogen-bond donors (Lipinski definition) is 1. The number of nitrogens with one attached hydrogen (secondary N) is 1. The molecule has 0 amide bonds. The van der Waals surface area contributed by atoms with Gasteiger partial charge in [-0.15, -0.1) is 0 Å². The summed E-state index contributed by atoms with van der Waals surface area (Å²) in [4.78, 5) is 21.9. The van der Waals surface area contributed by atoms with E-state index in [4.69, 9.17) is 16.0 Å². The lowest BCUT2D eigenvalue weighted by atomic mass is 9.95. The normalized spacial score (nSPS) is 18.1. The van der Waals surface area contributed by atoms with E-state index in [0.29, 0.717) is 22.3 Å². The molecule has 32 heavy (non-hydrogen) atoms. The summed E-state index contributed by atoms with van der Waals surface area (Å²) in [6.07, 6.45) is 11.0. The molecular formula is C26H22ClN3O2. The Bertz CT molecular complexity index is 1410. The smallest absolute Gasteiger partial charge is 0.196 e. The van der Waals surface area contributed by atoms with Crippen molar-refractivity contribution in [3.8, 4) is 11.3 Å². The molecule has 3 aromatic rings. The molecule has 2 aliphatic rings. The van der Waals surface area contributed by atoms with E-state index in [2.05, 4.69) is 28.3 Å². The van der Waals surface area contributed by atoms with E-state index in [1.165, 1.54) is 0 Å². The predicted octanol–water partition coefficient (Wildman–Crippen LogP) is 5.73. The monoisotopic (exact) mass is 443 g/mol. The van der Waals surface area contributed by atoms with E-state index >= 15 is 0 Å². The summed E-state index contributed by atoms with van der Waals surface area (Å²) in [5.74, 6) is 0.535. The van der Waals surface area contributed by atoms with Crippen molar-refractivity contribution in [3.63, 3.8) is 0 Å². The minimum absolute atomic E-state index is 0.0108. The minimum atomic E-state index is -0.134. The van der Waals surface area contributed by atoms with Crippen molar-refractivity contribution in [2.75, 3.05) is 0 Å². The molecule has 0 spiro atoms. The second-order valence-corrected chi connectivity index (χ2v) is 8.63. The van der Waals surface area contributed by atoms with Crippen LogP contribution in [0.4, 0.5) is 0 Å². The highest BCUT2D eigenvalue weighted by atomic mass is 35.5. The molecule has 6 heteroatoms. The van der Waals surface area contributed by atoms with E-state index < -0.39 is 0 Å². The summed E-state index contributed by atoms with van der Waals surface area (Å²) in [6.45, 7) is 5.84. The van der Waals surface area contributed by atoms with Crippen molar-refractivity contribution in [2.24, 2.45) is 10.9 Å². The number of benzene rings is 1. The van der Waals surface area contributed by atoms with Crippen molar-refractivity contribution >= 4 is 28.3 Å². The van der Waals surface area contributed by atoms with Crippen LogP contribution in [-0.4, -0.2) is 10.7 Å². The molecule has 1 N–H and O–H groups in total. The van der Waals surface area contributed by atoms with Crippen LogP contribution in [0, 0.1) is 19.8 Å². The topological polar surface area (TPSA) is 67.5 Å². The first-order valence-electron chi connectivity index (χ1n) is 10.5. The fourth-order valence-corrected chi connectivity index (χ4v) is 4.53. The molecule has 5 nitrogen and oxygen atoms in total. The summed E-state index contributed by atoms with van der Waals surface area (Å²) in [6, 6.07) is 7.55. The van der Waals surface area contributed by atoms with Crippen LogP contribution < -0.4 is 10.7 Å². The number of pyridine rings is 1. The fourth-order valence-electron chi connectivity index (χ4n) is 4.29. The number of rotatable bonds is 4. The molecule has 5 rings (SSSR count). The van der Waals surface area contributed by atoms with E-state index in [1.54, 1.807) is 25.5 Å².